The summed E-state index contributed by atoms with van der Waals surface area (Å²) in [6.45, 7) is 4.80. The lowest BCUT2D eigenvalue weighted by Gasteiger charge is -2.34. The van der Waals surface area contributed by atoms with Crippen LogP contribution in [-0.2, 0) is 22.6 Å². The van der Waals surface area contributed by atoms with Gasteiger partial charge in [-0.25, -0.2) is 0 Å². The highest BCUT2D eigenvalue weighted by molar-refractivity contribution is 5.93. The number of carboxylic acids is 1. The number of hydrogen-bond donors (Lipinski definition) is 2. The first-order chi connectivity index (χ1) is 13.1. The van der Waals surface area contributed by atoms with Crippen LogP contribution in [0.25, 0.3) is 0 Å². The van der Waals surface area contributed by atoms with Crippen LogP contribution in [0.1, 0.15) is 11.1 Å². The van der Waals surface area contributed by atoms with E-state index in [0.717, 1.165) is 32.7 Å². The zero-order chi connectivity index (χ0) is 19.1. The average molecular weight is 367 g/mol. The Morgan fingerprint density at radius 2 is 1.52 bits per heavy atom. The van der Waals surface area contributed by atoms with E-state index in [1.54, 1.807) is 24.3 Å². The molecule has 27 heavy (non-hydrogen) atoms. The number of benzene rings is 2. The molecule has 1 aliphatic rings. The Hall–Kier alpha value is -2.70. The van der Waals surface area contributed by atoms with E-state index in [2.05, 4.69) is 39.4 Å². The van der Waals surface area contributed by atoms with Gasteiger partial charge in [-0.2, -0.15) is 0 Å². The molecule has 0 saturated carbocycles. The molecule has 6 heteroatoms. The topological polar surface area (TPSA) is 72.9 Å². The molecule has 6 nitrogen and oxygen atoms in total. The second kappa shape index (κ2) is 9.30. The predicted molar refractivity (Wildman–Crippen MR) is 105 cm³/mol. The molecule has 1 aliphatic heterocycles. The third-order valence-electron chi connectivity index (χ3n) is 4.71. The lowest BCUT2D eigenvalue weighted by molar-refractivity contribution is -0.136. The molecule has 1 saturated heterocycles. The fourth-order valence-corrected chi connectivity index (χ4v) is 3.30. The Kier molecular flexibility index (Phi) is 6.57. The summed E-state index contributed by atoms with van der Waals surface area (Å²) in [6, 6.07) is 17.4. The normalized spacial score (nSPS) is 15.4. The van der Waals surface area contributed by atoms with Gasteiger partial charge in [0, 0.05) is 38.4 Å². The van der Waals surface area contributed by atoms with Gasteiger partial charge >= 0.3 is 5.97 Å². The highest BCUT2D eigenvalue weighted by Crippen LogP contribution is 2.16. The first-order valence-electron chi connectivity index (χ1n) is 9.18. The zero-order valence-corrected chi connectivity index (χ0v) is 15.3. The number of rotatable bonds is 7. The second-order valence-corrected chi connectivity index (χ2v) is 6.81. The number of hydrogen-bond acceptors (Lipinski definition) is 4. The molecule has 1 heterocycles. The molecule has 2 N–H and O–H groups in total. The smallest absolute Gasteiger partial charge is 0.307 e. The van der Waals surface area contributed by atoms with Crippen LogP contribution in [0.2, 0.25) is 0 Å². The molecule has 0 unspecified atom stereocenters. The van der Waals surface area contributed by atoms with Crippen molar-refractivity contribution in [2.24, 2.45) is 0 Å². The van der Waals surface area contributed by atoms with Crippen molar-refractivity contribution in [3.63, 3.8) is 0 Å². The molecular formula is C21H25N3O3. The molecule has 0 atom stereocenters. The van der Waals surface area contributed by atoms with Crippen LogP contribution in [0, 0.1) is 0 Å². The van der Waals surface area contributed by atoms with Gasteiger partial charge < -0.3 is 10.4 Å². The Balaban J connectivity index is 1.47. The molecule has 0 radical (unpaired) electrons. The van der Waals surface area contributed by atoms with Crippen LogP contribution < -0.4 is 5.32 Å². The van der Waals surface area contributed by atoms with Crippen molar-refractivity contribution in [1.82, 2.24) is 9.80 Å². The molecular weight excluding hydrogens is 342 g/mol. The first-order valence-corrected chi connectivity index (χ1v) is 9.18. The van der Waals surface area contributed by atoms with Gasteiger partial charge in [-0.05, 0) is 17.2 Å². The van der Waals surface area contributed by atoms with E-state index in [1.165, 1.54) is 5.56 Å². The van der Waals surface area contributed by atoms with Crippen LogP contribution in [0.5, 0.6) is 0 Å². The summed E-state index contributed by atoms with van der Waals surface area (Å²) in [7, 11) is 0. The summed E-state index contributed by atoms with van der Waals surface area (Å²) in [6.07, 6.45) is -0.103. The van der Waals surface area contributed by atoms with Crippen LogP contribution in [0.3, 0.4) is 0 Å². The zero-order valence-electron chi connectivity index (χ0n) is 15.3. The molecule has 3 rings (SSSR count). The van der Waals surface area contributed by atoms with Gasteiger partial charge in [-0.15, -0.1) is 0 Å². The minimum atomic E-state index is -0.911. The highest BCUT2D eigenvalue weighted by Gasteiger charge is 2.19. The lowest BCUT2D eigenvalue weighted by Crippen LogP contribution is -2.48. The number of amides is 1. The van der Waals surface area contributed by atoms with Gasteiger partial charge in [0.15, 0.2) is 0 Å². The summed E-state index contributed by atoms with van der Waals surface area (Å²) >= 11 is 0. The van der Waals surface area contributed by atoms with E-state index in [-0.39, 0.29) is 12.3 Å². The minimum Gasteiger partial charge on any atom is -0.481 e. The number of carbonyl (C=O) groups is 2. The Bertz CT molecular complexity index is 771. The third-order valence-corrected chi connectivity index (χ3v) is 4.71. The predicted octanol–water partition coefficient (Wildman–Crippen LogP) is 2.07. The second-order valence-electron chi connectivity index (χ2n) is 6.81. The molecule has 142 valence electrons. The van der Waals surface area contributed by atoms with Crippen molar-refractivity contribution in [2.75, 3.05) is 38.0 Å². The largest absolute Gasteiger partial charge is 0.481 e. The Labute approximate surface area is 159 Å². The summed E-state index contributed by atoms with van der Waals surface area (Å²) in [5.74, 6) is -1.02. The molecule has 1 amide bonds. The van der Waals surface area contributed by atoms with Crippen molar-refractivity contribution in [1.29, 1.82) is 0 Å². The van der Waals surface area contributed by atoms with Crippen molar-refractivity contribution in [2.45, 2.75) is 13.0 Å². The Morgan fingerprint density at radius 3 is 2.22 bits per heavy atom. The first kappa shape index (κ1) is 19.1. The van der Waals surface area contributed by atoms with Crippen molar-refractivity contribution >= 4 is 17.6 Å². The van der Waals surface area contributed by atoms with E-state index >= 15 is 0 Å². The maximum Gasteiger partial charge on any atom is 0.307 e. The third kappa shape index (κ3) is 5.91. The summed E-state index contributed by atoms with van der Waals surface area (Å²) in [5, 5.41) is 11.8. The van der Waals surface area contributed by atoms with Gasteiger partial charge in [-0.3, -0.25) is 19.4 Å². The fourth-order valence-electron chi connectivity index (χ4n) is 3.30. The van der Waals surface area contributed by atoms with E-state index in [9.17, 15) is 9.59 Å². The van der Waals surface area contributed by atoms with Crippen molar-refractivity contribution in [3.8, 4) is 0 Å². The Morgan fingerprint density at radius 1 is 0.889 bits per heavy atom. The summed E-state index contributed by atoms with van der Waals surface area (Å²) < 4.78 is 0. The van der Waals surface area contributed by atoms with Crippen LogP contribution >= 0.6 is 0 Å². The van der Waals surface area contributed by atoms with Gasteiger partial charge in [0.2, 0.25) is 5.91 Å². The highest BCUT2D eigenvalue weighted by atomic mass is 16.4. The van der Waals surface area contributed by atoms with Gasteiger partial charge in [-0.1, -0.05) is 48.5 Å². The number of para-hydroxylation sites is 1. The number of aliphatic carboxylic acids is 1. The van der Waals surface area contributed by atoms with Crippen LogP contribution in [-0.4, -0.2) is 59.5 Å². The molecule has 2 aromatic carbocycles. The molecule has 0 aliphatic carbocycles. The molecule has 2 aromatic rings. The SMILES string of the molecule is O=C(O)Cc1ccccc1NC(=O)CN1CCN(Cc2ccccc2)CC1. The number of nitrogens with one attached hydrogen (secondary N) is 1. The van der Waals surface area contributed by atoms with Gasteiger partial charge in [0.25, 0.3) is 0 Å². The summed E-state index contributed by atoms with van der Waals surface area (Å²) in [5.41, 5.74) is 2.50. The molecule has 1 fully saturated rings. The van der Waals surface area contributed by atoms with E-state index in [0.29, 0.717) is 17.8 Å². The molecule has 0 spiro atoms. The standard InChI is InChI=1S/C21H25N3O3/c25-20(22-19-9-5-4-8-18(19)14-21(26)27)16-24-12-10-23(11-13-24)15-17-6-2-1-3-7-17/h1-9H,10-16H2,(H,22,25)(H,26,27). The van der Waals surface area contributed by atoms with E-state index in [4.69, 9.17) is 5.11 Å². The van der Waals surface area contributed by atoms with Crippen LogP contribution in [0.15, 0.2) is 54.6 Å². The average Bonchev–Trinajstić information content (AvgIpc) is 2.65. The maximum atomic E-state index is 12.4. The lowest BCUT2D eigenvalue weighted by atomic mass is 10.1. The number of carbonyl (C=O) groups excluding carboxylic acids is 1. The van der Waals surface area contributed by atoms with Gasteiger partial charge in [0.1, 0.15) is 0 Å². The number of anilines is 1. The number of nitrogens with zero attached hydrogens (tertiary/aromatic N) is 2. The van der Waals surface area contributed by atoms with Crippen molar-refractivity contribution < 1.29 is 14.7 Å². The summed E-state index contributed by atoms with van der Waals surface area (Å²) in [4.78, 5) is 27.9. The number of piperazine rings is 1. The molecule has 0 aromatic heterocycles. The van der Waals surface area contributed by atoms with Crippen LogP contribution in [0.4, 0.5) is 5.69 Å². The maximum absolute atomic E-state index is 12.4. The molecule has 0 bridgehead atoms. The quantitative estimate of drug-likeness (QED) is 0.784. The number of carboxylic acid groups (broad SMARTS) is 1. The monoisotopic (exact) mass is 367 g/mol. The van der Waals surface area contributed by atoms with E-state index in [1.807, 2.05) is 6.07 Å². The van der Waals surface area contributed by atoms with E-state index < -0.39 is 5.97 Å². The fraction of sp³-hybridized carbons (Fsp3) is 0.333. The van der Waals surface area contributed by atoms with Gasteiger partial charge in [0.05, 0.1) is 13.0 Å². The van der Waals surface area contributed by atoms with Crippen molar-refractivity contribution in [3.05, 3.63) is 65.7 Å². The minimum absolute atomic E-state index is 0.103.